The fourth-order valence-corrected chi connectivity index (χ4v) is 3.72. The number of benzene rings is 2. The van der Waals surface area contributed by atoms with Crippen LogP contribution in [0, 0.1) is 0 Å². The first-order chi connectivity index (χ1) is 16.4. The molecule has 3 rings (SSSR count). The first-order valence-electron chi connectivity index (χ1n) is 11.1. The molecule has 0 bridgehead atoms. The van der Waals surface area contributed by atoms with E-state index in [1.54, 1.807) is 37.4 Å². The highest BCUT2D eigenvalue weighted by Crippen LogP contribution is 2.25. The van der Waals surface area contributed by atoms with Crippen LogP contribution in [-0.2, 0) is 24.3 Å². The molecule has 9 nitrogen and oxygen atoms in total. The van der Waals surface area contributed by atoms with Gasteiger partial charge in [-0.1, -0.05) is 43.7 Å². The number of para-hydroxylation sites is 1. The summed E-state index contributed by atoms with van der Waals surface area (Å²) in [6.07, 6.45) is 1.53. The molecule has 180 valence electrons. The molecule has 1 amide bonds. The van der Waals surface area contributed by atoms with E-state index in [1.165, 1.54) is 16.6 Å². The summed E-state index contributed by atoms with van der Waals surface area (Å²) < 4.78 is 12.0. The highest BCUT2D eigenvalue weighted by Gasteiger charge is 2.25. The number of unbranched alkanes of at least 4 members (excludes halogenated alkanes) is 1. The molecule has 0 fully saturated rings. The Labute approximate surface area is 197 Å². The van der Waals surface area contributed by atoms with Gasteiger partial charge in [-0.2, -0.15) is 0 Å². The lowest BCUT2D eigenvalue weighted by Gasteiger charge is -2.25. The maximum atomic E-state index is 13.6. The summed E-state index contributed by atoms with van der Waals surface area (Å²) in [6, 6.07) is 14.4. The van der Waals surface area contributed by atoms with Crippen molar-refractivity contribution in [1.29, 1.82) is 0 Å². The van der Waals surface area contributed by atoms with Gasteiger partial charge in [0.25, 0.3) is 5.56 Å². The minimum Gasteiger partial charge on any atom is -0.497 e. The second-order valence-electron chi connectivity index (χ2n) is 7.82. The Bertz CT molecular complexity index is 1260. The molecule has 0 saturated heterocycles. The Morgan fingerprint density at radius 3 is 2.56 bits per heavy atom. The molecule has 9 heteroatoms. The van der Waals surface area contributed by atoms with Crippen LogP contribution in [0.4, 0.5) is 11.5 Å². The summed E-state index contributed by atoms with van der Waals surface area (Å²) in [4.78, 5) is 42.6. The van der Waals surface area contributed by atoms with Crippen molar-refractivity contribution >= 4 is 17.4 Å². The molecule has 1 aromatic heterocycles. The van der Waals surface area contributed by atoms with Gasteiger partial charge in [0.05, 0.1) is 27.2 Å². The molecule has 1 heterocycles. The maximum Gasteiger partial charge on any atom is 0.330 e. The van der Waals surface area contributed by atoms with Crippen molar-refractivity contribution in [2.45, 2.75) is 39.3 Å². The monoisotopic (exact) mass is 466 g/mol. The minimum atomic E-state index is -0.718. The number of nitrogens with two attached hydrogens (primary N) is 1. The fourth-order valence-electron chi connectivity index (χ4n) is 3.72. The number of ether oxygens (including phenoxy) is 2. The first-order valence-corrected chi connectivity index (χ1v) is 11.1. The highest BCUT2D eigenvalue weighted by molar-refractivity contribution is 5.96. The third-order valence-corrected chi connectivity index (χ3v) is 5.53. The molecule has 3 N–H and O–H groups in total. The van der Waals surface area contributed by atoms with E-state index in [4.69, 9.17) is 15.2 Å². The largest absolute Gasteiger partial charge is 0.497 e. The molecule has 3 aromatic rings. The Kier molecular flexibility index (Phi) is 8.13. The Morgan fingerprint density at radius 1 is 1.09 bits per heavy atom. The maximum absolute atomic E-state index is 13.6. The highest BCUT2D eigenvalue weighted by atomic mass is 16.5. The SMILES string of the molecule is CCCCn1c(N)c(N(Cc2ccccc2OC)C(=O)Cc2cccc(OC)c2)c(=O)[nH]c1=O. The summed E-state index contributed by atoms with van der Waals surface area (Å²) in [7, 11) is 3.09. The normalized spacial score (nSPS) is 10.7. The van der Waals surface area contributed by atoms with E-state index in [2.05, 4.69) is 4.98 Å². The number of H-pyrrole nitrogens is 1. The van der Waals surface area contributed by atoms with Gasteiger partial charge >= 0.3 is 5.69 Å². The summed E-state index contributed by atoms with van der Waals surface area (Å²) >= 11 is 0. The van der Waals surface area contributed by atoms with Crippen LogP contribution >= 0.6 is 0 Å². The zero-order valence-electron chi connectivity index (χ0n) is 19.7. The van der Waals surface area contributed by atoms with Crippen molar-refractivity contribution in [2.24, 2.45) is 0 Å². The van der Waals surface area contributed by atoms with Gasteiger partial charge in [-0.15, -0.1) is 0 Å². The van der Waals surface area contributed by atoms with E-state index in [-0.39, 0.29) is 30.4 Å². The van der Waals surface area contributed by atoms with Crippen molar-refractivity contribution in [3.8, 4) is 11.5 Å². The third kappa shape index (κ3) is 5.48. The summed E-state index contributed by atoms with van der Waals surface area (Å²) in [6.45, 7) is 2.35. The molecule has 2 aromatic carbocycles. The van der Waals surface area contributed by atoms with Gasteiger partial charge in [0.15, 0.2) is 5.69 Å². The summed E-state index contributed by atoms with van der Waals surface area (Å²) in [5.74, 6) is 0.774. The van der Waals surface area contributed by atoms with Gasteiger partial charge < -0.3 is 15.2 Å². The minimum absolute atomic E-state index is 0.000679. The van der Waals surface area contributed by atoms with Gasteiger partial charge in [-0.25, -0.2) is 4.79 Å². The molecule has 0 saturated carbocycles. The van der Waals surface area contributed by atoms with Crippen molar-refractivity contribution in [2.75, 3.05) is 24.9 Å². The number of nitrogen functional groups attached to an aromatic ring is 1. The van der Waals surface area contributed by atoms with Gasteiger partial charge in [0, 0.05) is 12.1 Å². The van der Waals surface area contributed by atoms with Crippen LogP contribution in [0.1, 0.15) is 30.9 Å². The predicted octanol–water partition coefficient (Wildman–Crippen LogP) is 2.71. The van der Waals surface area contributed by atoms with Crippen LogP contribution in [0.15, 0.2) is 58.1 Å². The first kappa shape index (κ1) is 24.6. The van der Waals surface area contributed by atoms with E-state index in [0.29, 0.717) is 35.6 Å². The number of anilines is 2. The average molecular weight is 467 g/mol. The van der Waals surface area contributed by atoms with Crippen LogP contribution in [0.25, 0.3) is 0 Å². The molecule has 0 aliphatic carbocycles. The molecule has 0 aliphatic heterocycles. The predicted molar refractivity (Wildman–Crippen MR) is 132 cm³/mol. The smallest absolute Gasteiger partial charge is 0.330 e. The number of hydrogen-bond donors (Lipinski definition) is 2. The lowest BCUT2D eigenvalue weighted by Crippen LogP contribution is -2.41. The molecule has 0 radical (unpaired) electrons. The van der Waals surface area contributed by atoms with Gasteiger partial charge in [0.1, 0.15) is 17.3 Å². The summed E-state index contributed by atoms with van der Waals surface area (Å²) in [5.41, 5.74) is 6.35. The molecule has 0 spiro atoms. The number of nitrogens with one attached hydrogen (secondary N) is 1. The number of aromatic nitrogens is 2. The number of carbonyl (C=O) groups is 1. The van der Waals surface area contributed by atoms with Gasteiger partial charge in [0.2, 0.25) is 5.91 Å². The molecule has 0 atom stereocenters. The van der Waals surface area contributed by atoms with Crippen molar-refractivity contribution in [3.05, 3.63) is 80.5 Å². The van der Waals surface area contributed by atoms with Crippen molar-refractivity contribution < 1.29 is 14.3 Å². The number of nitrogens with zero attached hydrogens (tertiary/aromatic N) is 2. The van der Waals surface area contributed by atoms with E-state index in [1.807, 2.05) is 25.1 Å². The van der Waals surface area contributed by atoms with E-state index in [0.717, 1.165) is 6.42 Å². The standard InChI is InChI=1S/C25H30N4O5/c1-4-5-13-28-23(26)22(24(31)27-25(28)32)29(16-18-10-6-7-12-20(18)34-3)21(30)15-17-9-8-11-19(14-17)33-2/h6-12,14H,4-5,13,15-16,26H2,1-3H3,(H,27,31,32). The second-order valence-corrected chi connectivity index (χ2v) is 7.82. The van der Waals surface area contributed by atoms with Crippen molar-refractivity contribution in [1.82, 2.24) is 9.55 Å². The second kappa shape index (κ2) is 11.2. The molecule has 0 unspecified atom stereocenters. The Hall–Kier alpha value is -4.01. The van der Waals surface area contributed by atoms with Gasteiger partial charge in [-0.05, 0) is 30.2 Å². The van der Waals surface area contributed by atoms with Gasteiger partial charge in [-0.3, -0.25) is 24.0 Å². The number of carbonyl (C=O) groups excluding carboxylic acids is 1. The number of hydrogen-bond acceptors (Lipinski definition) is 6. The van der Waals surface area contributed by atoms with Crippen LogP contribution < -0.4 is 31.4 Å². The Morgan fingerprint density at radius 2 is 1.85 bits per heavy atom. The van der Waals surface area contributed by atoms with E-state index < -0.39 is 11.2 Å². The quantitative estimate of drug-likeness (QED) is 0.474. The summed E-state index contributed by atoms with van der Waals surface area (Å²) in [5, 5.41) is 0. The van der Waals surface area contributed by atoms with Crippen LogP contribution in [0.2, 0.25) is 0 Å². The van der Waals surface area contributed by atoms with Crippen LogP contribution in [0.3, 0.4) is 0 Å². The third-order valence-electron chi connectivity index (χ3n) is 5.53. The number of rotatable bonds is 10. The number of aromatic amines is 1. The zero-order chi connectivity index (χ0) is 24.7. The molecule has 0 aliphatic rings. The molecular formula is C25H30N4O5. The molecule has 34 heavy (non-hydrogen) atoms. The lowest BCUT2D eigenvalue weighted by molar-refractivity contribution is -0.118. The lowest BCUT2D eigenvalue weighted by atomic mass is 10.1. The van der Waals surface area contributed by atoms with E-state index >= 15 is 0 Å². The number of amides is 1. The zero-order valence-corrected chi connectivity index (χ0v) is 19.7. The fraction of sp³-hybridized carbons (Fsp3) is 0.320. The molecular weight excluding hydrogens is 436 g/mol. The van der Waals surface area contributed by atoms with Crippen molar-refractivity contribution in [3.63, 3.8) is 0 Å². The Balaban J connectivity index is 2.10. The van der Waals surface area contributed by atoms with Crippen LogP contribution in [0.5, 0.6) is 11.5 Å². The van der Waals surface area contributed by atoms with Crippen LogP contribution in [-0.4, -0.2) is 29.7 Å². The topological polar surface area (TPSA) is 120 Å². The van der Waals surface area contributed by atoms with E-state index in [9.17, 15) is 14.4 Å². The average Bonchev–Trinajstić information content (AvgIpc) is 2.83. The number of methoxy groups -OCH3 is 2.